The standard InChI is InChI=1S/C20H22N2O4S/c1-13-4-5-14-10-20(2,3)22(11-15(14)8-13)27(24,25)16-6-7-18-17(9-16)21-19(23)12-26-18/h4-9H,10-12H2,1-3H3,(H,21,23). The number of hydrogen-bond donors (Lipinski definition) is 1. The minimum atomic E-state index is -3.75. The van der Waals surface area contributed by atoms with Crippen LogP contribution in [0.3, 0.4) is 0 Å². The van der Waals surface area contributed by atoms with Crippen LogP contribution in [0.4, 0.5) is 5.69 Å². The summed E-state index contributed by atoms with van der Waals surface area (Å²) in [4.78, 5) is 11.7. The van der Waals surface area contributed by atoms with Gasteiger partial charge in [-0.3, -0.25) is 4.79 Å². The number of nitrogens with zero attached hydrogens (tertiary/aromatic N) is 1. The molecule has 0 fully saturated rings. The second-order valence-corrected chi connectivity index (χ2v) is 9.63. The third kappa shape index (κ3) is 3.11. The van der Waals surface area contributed by atoms with Gasteiger partial charge in [0.15, 0.2) is 6.61 Å². The molecule has 142 valence electrons. The molecular weight excluding hydrogens is 364 g/mol. The van der Waals surface area contributed by atoms with Gasteiger partial charge < -0.3 is 10.1 Å². The molecular formula is C20H22N2O4S. The summed E-state index contributed by atoms with van der Waals surface area (Å²) in [7, 11) is -3.75. The van der Waals surface area contributed by atoms with Gasteiger partial charge in [0, 0.05) is 12.1 Å². The molecule has 0 unspecified atom stereocenters. The number of ether oxygens (including phenoxy) is 1. The number of anilines is 1. The number of carbonyl (C=O) groups excluding carboxylic acids is 1. The Bertz CT molecular complexity index is 1040. The fourth-order valence-corrected chi connectivity index (χ4v) is 5.54. The number of amides is 1. The molecule has 0 radical (unpaired) electrons. The molecule has 2 aromatic rings. The van der Waals surface area contributed by atoms with Crippen LogP contribution in [0.2, 0.25) is 0 Å². The molecule has 27 heavy (non-hydrogen) atoms. The highest BCUT2D eigenvalue weighted by Crippen LogP contribution is 2.37. The first kappa shape index (κ1) is 18.0. The van der Waals surface area contributed by atoms with Gasteiger partial charge in [0.25, 0.3) is 5.91 Å². The number of nitrogens with one attached hydrogen (secondary N) is 1. The van der Waals surface area contributed by atoms with E-state index >= 15 is 0 Å². The number of carbonyl (C=O) groups is 1. The fourth-order valence-electron chi connectivity index (χ4n) is 3.76. The molecule has 0 aliphatic carbocycles. The van der Waals surface area contributed by atoms with Crippen LogP contribution in [-0.4, -0.2) is 30.8 Å². The van der Waals surface area contributed by atoms with Crippen molar-refractivity contribution in [2.45, 2.75) is 44.2 Å². The maximum Gasteiger partial charge on any atom is 0.262 e. The van der Waals surface area contributed by atoms with E-state index in [0.29, 0.717) is 24.4 Å². The van der Waals surface area contributed by atoms with E-state index in [0.717, 1.165) is 11.1 Å². The minimum Gasteiger partial charge on any atom is -0.482 e. The SMILES string of the molecule is Cc1ccc2c(c1)CN(S(=O)(=O)c1ccc3c(c1)NC(=O)CO3)C(C)(C)C2. The summed E-state index contributed by atoms with van der Waals surface area (Å²) in [5.41, 5.74) is 3.16. The Labute approximate surface area is 159 Å². The van der Waals surface area contributed by atoms with Gasteiger partial charge in [0.2, 0.25) is 10.0 Å². The Morgan fingerprint density at radius 1 is 1.11 bits per heavy atom. The average Bonchev–Trinajstić information content (AvgIpc) is 2.60. The second kappa shape index (κ2) is 6.07. The number of sulfonamides is 1. The van der Waals surface area contributed by atoms with Gasteiger partial charge in [0.1, 0.15) is 5.75 Å². The topological polar surface area (TPSA) is 75.7 Å². The van der Waals surface area contributed by atoms with Crippen molar-refractivity contribution in [1.82, 2.24) is 4.31 Å². The molecule has 7 heteroatoms. The summed E-state index contributed by atoms with van der Waals surface area (Å²) < 4.78 is 33.8. The van der Waals surface area contributed by atoms with E-state index in [1.165, 1.54) is 17.7 Å². The van der Waals surface area contributed by atoms with E-state index in [1.54, 1.807) is 10.4 Å². The number of benzene rings is 2. The molecule has 2 aliphatic heterocycles. The van der Waals surface area contributed by atoms with E-state index in [-0.39, 0.29) is 17.4 Å². The van der Waals surface area contributed by atoms with Crippen LogP contribution >= 0.6 is 0 Å². The van der Waals surface area contributed by atoms with Crippen LogP contribution in [0.25, 0.3) is 0 Å². The molecule has 0 saturated carbocycles. The summed E-state index contributed by atoms with van der Waals surface area (Å²) >= 11 is 0. The van der Waals surface area contributed by atoms with Gasteiger partial charge in [-0.15, -0.1) is 0 Å². The van der Waals surface area contributed by atoms with Gasteiger partial charge in [-0.05, 0) is 56.5 Å². The van der Waals surface area contributed by atoms with Crippen LogP contribution in [0.15, 0.2) is 41.3 Å². The second-order valence-electron chi connectivity index (χ2n) is 7.77. The zero-order valence-electron chi connectivity index (χ0n) is 15.6. The van der Waals surface area contributed by atoms with Crippen LogP contribution in [0.1, 0.15) is 30.5 Å². The molecule has 0 saturated heterocycles. The average molecular weight is 386 g/mol. The van der Waals surface area contributed by atoms with Crippen molar-refractivity contribution in [1.29, 1.82) is 0 Å². The number of rotatable bonds is 2. The highest BCUT2D eigenvalue weighted by Gasteiger charge is 2.41. The van der Waals surface area contributed by atoms with Crippen molar-refractivity contribution in [3.63, 3.8) is 0 Å². The molecule has 0 atom stereocenters. The summed E-state index contributed by atoms with van der Waals surface area (Å²) in [5.74, 6) is 0.187. The Hall–Kier alpha value is -2.38. The lowest BCUT2D eigenvalue weighted by atomic mass is 9.87. The zero-order chi connectivity index (χ0) is 19.4. The third-order valence-electron chi connectivity index (χ3n) is 5.15. The largest absolute Gasteiger partial charge is 0.482 e. The van der Waals surface area contributed by atoms with E-state index in [2.05, 4.69) is 17.4 Å². The van der Waals surface area contributed by atoms with Crippen molar-refractivity contribution >= 4 is 21.6 Å². The number of aryl methyl sites for hydroxylation is 1. The summed E-state index contributed by atoms with van der Waals surface area (Å²) in [6.45, 7) is 6.15. The zero-order valence-corrected chi connectivity index (χ0v) is 16.4. The quantitative estimate of drug-likeness (QED) is 0.861. The van der Waals surface area contributed by atoms with Gasteiger partial charge in [-0.2, -0.15) is 4.31 Å². The maximum atomic E-state index is 13.4. The lowest BCUT2D eigenvalue weighted by molar-refractivity contribution is -0.118. The monoisotopic (exact) mass is 386 g/mol. The van der Waals surface area contributed by atoms with Crippen molar-refractivity contribution < 1.29 is 17.9 Å². The summed E-state index contributed by atoms with van der Waals surface area (Å²) in [6.07, 6.45) is 0.645. The first-order chi connectivity index (χ1) is 12.7. The van der Waals surface area contributed by atoms with Crippen LogP contribution < -0.4 is 10.1 Å². The normalized spacial score (nSPS) is 18.9. The Balaban J connectivity index is 1.75. The van der Waals surface area contributed by atoms with Crippen molar-refractivity contribution in [2.24, 2.45) is 0 Å². The van der Waals surface area contributed by atoms with E-state index in [4.69, 9.17) is 4.74 Å². The molecule has 1 amide bonds. The van der Waals surface area contributed by atoms with Crippen molar-refractivity contribution in [2.75, 3.05) is 11.9 Å². The Morgan fingerprint density at radius 3 is 2.67 bits per heavy atom. The molecule has 2 aromatic carbocycles. The van der Waals surface area contributed by atoms with Crippen LogP contribution in [0, 0.1) is 6.92 Å². The third-order valence-corrected chi connectivity index (χ3v) is 7.20. The van der Waals surface area contributed by atoms with Crippen LogP contribution in [0.5, 0.6) is 5.75 Å². The molecule has 0 spiro atoms. The highest BCUT2D eigenvalue weighted by atomic mass is 32.2. The number of fused-ring (bicyclic) bond motifs is 2. The molecule has 4 rings (SSSR count). The smallest absolute Gasteiger partial charge is 0.262 e. The predicted octanol–water partition coefficient (Wildman–Crippen LogP) is 2.85. The lowest BCUT2D eigenvalue weighted by Crippen LogP contribution is -2.51. The highest BCUT2D eigenvalue weighted by molar-refractivity contribution is 7.89. The summed E-state index contributed by atoms with van der Waals surface area (Å²) in [6, 6.07) is 10.8. The molecule has 0 bridgehead atoms. The predicted molar refractivity (Wildman–Crippen MR) is 102 cm³/mol. The fraction of sp³-hybridized carbons (Fsp3) is 0.350. The molecule has 1 N–H and O–H groups in total. The van der Waals surface area contributed by atoms with Crippen molar-refractivity contribution in [3.8, 4) is 5.75 Å². The molecule has 6 nitrogen and oxygen atoms in total. The maximum absolute atomic E-state index is 13.4. The Morgan fingerprint density at radius 2 is 1.89 bits per heavy atom. The van der Waals surface area contributed by atoms with Gasteiger partial charge in [-0.25, -0.2) is 8.42 Å². The van der Waals surface area contributed by atoms with Crippen LogP contribution in [-0.2, 0) is 27.8 Å². The van der Waals surface area contributed by atoms with Crippen molar-refractivity contribution in [3.05, 3.63) is 53.1 Å². The molecule has 2 heterocycles. The lowest BCUT2D eigenvalue weighted by Gasteiger charge is -2.42. The van der Waals surface area contributed by atoms with Gasteiger partial charge in [-0.1, -0.05) is 23.8 Å². The Kier molecular flexibility index (Phi) is 4.05. The molecule has 2 aliphatic rings. The van der Waals surface area contributed by atoms with Gasteiger partial charge >= 0.3 is 0 Å². The van der Waals surface area contributed by atoms with Gasteiger partial charge in [0.05, 0.1) is 10.6 Å². The minimum absolute atomic E-state index is 0.0611. The van der Waals surface area contributed by atoms with E-state index in [9.17, 15) is 13.2 Å². The first-order valence-corrected chi connectivity index (χ1v) is 10.3. The summed E-state index contributed by atoms with van der Waals surface area (Å²) in [5, 5.41) is 2.67. The first-order valence-electron chi connectivity index (χ1n) is 8.85. The van der Waals surface area contributed by atoms with E-state index in [1.807, 2.05) is 26.8 Å². The molecule has 0 aromatic heterocycles. The van der Waals surface area contributed by atoms with E-state index < -0.39 is 15.6 Å². The number of hydrogen-bond acceptors (Lipinski definition) is 4.